The molecule has 0 bridgehead atoms. The van der Waals surface area contributed by atoms with Crippen LogP contribution in [0.3, 0.4) is 0 Å². The van der Waals surface area contributed by atoms with Crippen LogP contribution in [0.1, 0.15) is 12.5 Å². The molecule has 0 heterocycles. The molecule has 1 unspecified atom stereocenters. The number of carboxylic acid groups (broad SMARTS) is 1. The van der Waals surface area contributed by atoms with Crippen molar-refractivity contribution < 1.29 is 19.4 Å². The van der Waals surface area contributed by atoms with Crippen LogP contribution in [0.4, 0.5) is 0 Å². The third kappa shape index (κ3) is 5.45. The van der Waals surface area contributed by atoms with E-state index in [4.69, 9.17) is 9.84 Å². The Labute approximate surface area is 106 Å². The second kappa shape index (κ2) is 7.45. The minimum absolute atomic E-state index is 0.234. The van der Waals surface area contributed by atoms with Crippen LogP contribution in [-0.4, -0.2) is 36.2 Å². The van der Waals surface area contributed by atoms with Gasteiger partial charge in [-0.25, -0.2) is 4.79 Å². The molecule has 0 saturated heterocycles. The van der Waals surface area contributed by atoms with E-state index in [0.29, 0.717) is 6.54 Å². The predicted molar refractivity (Wildman–Crippen MR) is 66.2 cm³/mol. The summed E-state index contributed by atoms with van der Waals surface area (Å²) in [5, 5.41) is 11.2. The maximum Gasteiger partial charge on any atom is 0.332 e. The molecule has 1 amide bonds. The average Bonchev–Trinajstić information content (AvgIpc) is 2.37. The maximum atomic E-state index is 11.3. The summed E-state index contributed by atoms with van der Waals surface area (Å²) in [4.78, 5) is 21.8. The highest BCUT2D eigenvalue weighted by Gasteiger charge is 2.12. The summed E-state index contributed by atoms with van der Waals surface area (Å²) >= 11 is 0. The molecule has 1 atom stereocenters. The lowest BCUT2D eigenvalue weighted by atomic mass is 10.1. The van der Waals surface area contributed by atoms with Gasteiger partial charge in [0.25, 0.3) is 0 Å². The number of ether oxygens (including phenoxy) is 1. The molecule has 0 fully saturated rings. The number of nitrogens with one attached hydrogen (secondary N) is 1. The Hall–Kier alpha value is -1.88. The van der Waals surface area contributed by atoms with Gasteiger partial charge >= 0.3 is 5.97 Å². The molecular formula is C13H17NO4. The maximum absolute atomic E-state index is 11.3. The van der Waals surface area contributed by atoms with Crippen LogP contribution in [0, 0.1) is 0 Å². The van der Waals surface area contributed by atoms with E-state index in [9.17, 15) is 9.59 Å². The van der Waals surface area contributed by atoms with E-state index in [-0.39, 0.29) is 12.5 Å². The standard InChI is InChI=1S/C13H17NO4/c1-10(13(16)17)18-9-12(15)14-8-7-11-5-3-2-4-6-11/h2-6,10H,7-9H2,1H3,(H,14,15)(H,16,17). The summed E-state index contributed by atoms with van der Waals surface area (Å²) in [6.45, 7) is 1.66. The number of benzene rings is 1. The van der Waals surface area contributed by atoms with Gasteiger partial charge in [0, 0.05) is 6.54 Å². The Morgan fingerprint density at radius 3 is 2.61 bits per heavy atom. The molecule has 98 valence electrons. The number of hydrogen-bond donors (Lipinski definition) is 2. The second-order valence-electron chi connectivity index (χ2n) is 3.88. The number of hydrogen-bond acceptors (Lipinski definition) is 3. The summed E-state index contributed by atoms with van der Waals surface area (Å²) in [6.07, 6.45) is -0.231. The lowest BCUT2D eigenvalue weighted by Gasteiger charge is -2.09. The van der Waals surface area contributed by atoms with Crippen molar-refractivity contribution in [3.8, 4) is 0 Å². The number of amides is 1. The number of rotatable bonds is 7. The van der Waals surface area contributed by atoms with E-state index in [1.807, 2.05) is 30.3 Å². The molecule has 5 nitrogen and oxygen atoms in total. The molecule has 1 aromatic carbocycles. The van der Waals surface area contributed by atoms with Gasteiger partial charge < -0.3 is 15.2 Å². The molecule has 0 spiro atoms. The lowest BCUT2D eigenvalue weighted by molar-refractivity contribution is -0.150. The van der Waals surface area contributed by atoms with Gasteiger partial charge in [-0.15, -0.1) is 0 Å². The van der Waals surface area contributed by atoms with E-state index < -0.39 is 12.1 Å². The molecule has 0 aromatic heterocycles. The lowest BCUT2D eigenvalue weighted by Crippen LogP contribution is -2.32. The van der Waals surface area contributed by atoms with E-state index in [1.54, 1.807) is 0 Å². The normalized spacial score (nSPS) is 11.8. The van der Waals surface area contributed by atoms with Crippen LogP contribution in [0.15, 0.2) is 30.3 Å². The molecule has 0 aliphatic heterocycles. The number of aliphatic carboxylic acids is 1. The fourth-order valence-electron chi connectivity index (χ4n) is 1.31. The van der Waals surface area contributed by atoms with Crippen molar-refractivity contribution in [3.05, 3.63) is 35.9 Å². The zero-order valence-electron chi connectivity index (χ0n) is 10.3. The van der Waals surface area contributed by atoms with Crippen molar-refractivity contribution >= 4 is 11.9 Å². The first-order chi connectivity index (χ1) is 8.59. The molecule has 0 aliphatic carbocycles. The highest BCUT2D eigenvalue weighted by atomic mass is 16.5. The van der Waals surface area contributed by atoms with Crippen molar-refractivity contribution in [2.45, 2.75) is 19.4 Å². The fraction of sp³-hybridized carbons (Fsp3) is 0.385. The highest BCUT2D eigenvalue weighted by Crippen LogP contribution is 1.98. The van der Waals surface area contributed by atoms with Gasteiger partial charge in [-0.2, -0.15) is 0 Å². The summed E-state index contributed by atoms with van der Waals surface area (Å²) in [7, 11) is 0. The van der Waals surface area contributed by atoms with Crippen molar-refractivity contribution in [1.82, 2.24) is 5.32 Å². The van der Waals surface area contributed by atoms with E-state index in [1.165, 1.54) is 6.92 Å². The first-order valence-electron chi connectivity index (χ1n) is 5.74. The summed E-state index contributed by atoms with van der Waals surface area (Å²) in [5.41, 5.74) is 1.14. The van der Waals surface area contributed by atoms with Gasteiger partial charge in [-0.05, 0) is 18.9 Å². The number of carbonyl (C=O) groups is 2. The van der Waals surface area contributed by atoms with Gasteiger partial charge in [0.1, 0.15) is 6.61 Å². The van der Waals surface area contributed by atoms with Crippen LogP contribution < -0.4 is 5.32 Å². The molecular weight excluding hydrogens is 234 g/mol. The fourth-order valence-corrected chi connectivity index (χ4v) is 1.31. The second-order valence-corrected chi connectivity index (χ2v) is 3.88. The van der Waals surface area contributed by atoms with Crippen LogP contribution >= 0.6 is 0 Å². The molecule has 1 rings (SSSR count). The summed E-state index contributed by atoms with van der Waals surface area (Å²) in [5.74, 6) is -1.38. The average molecular weight is 251 g/mol. The third-order valence-corrected chi connectivity index (χ3v) is 2.39. The van der Waals surface area contributed by atoms with E-state index >= 15 is 0 Å². The largest absolute Gasteiger partial charge is 0.479 e. The van der Waals surface area contributed by atoms with Crippen LogP contribution in [0.25, 0.3) is 0 Å². The van der Waals surface area contributed by atoms with Crippen molar-refractivity contribution in [3.63, 3.8) is 0 Å². The van der Waals surface area contributed by atoms with Crippen LogP contribution in [-0.2, 0) is 20.7 Å². The van der Waals surface area contributed by atoms with Gasteiger partial charge in [0.15, 0.2) is 6.10 Å². The first-order valence-corrected chi connectivity index (χ1v) is 5.74. The van der Waals surface area contributed by atoms with Gasteiger partial charge in [-0.3, -0.25) is 4.79 Å². The van der Waals surface area contributed by atoms with E-state index in [2.05, 4.69) is 5.32 Å². The smallest absolute Gasteiger partial charge is 0.332 e. The van der Waals surface area contributed by atoms with Gasteiger partial charge in [0.2, 0.25) is 5.91 Å². The topological polar surface area (TPSA) is 75.6 Å². The third-order valence-electron chi connectivity index (χ3n) is 2.39. The number of carboxylic acids is 1. The van der Waals surface area contributed by atoms with Crippen molar-refractivity contribution in [2.75, 3.05) is 13.2 Å². The quantitative estimate of drug-likeness (QED) is 0.752. The summed E-state index contributed by atoms with van der Waals surface area (Å²) < 4.78 is 4.86. The van der Waals surface area contributed by atoms with Gasteiger partial charge in [0.05, 0.1) is 0 Å². The zero-order chi connectivity index (χ0) is 13.4. The molecule has 0 saturated carbocycles. The minimum Gasteiger partial charge on any atom is -0.479 e. The SMILES string of the molecule is CC(OCC(=O)NCCc1ccccc1)C(=O)O. The Kier molecular flexibility index (Phi) is 5.87. The Morgan fingerprint density at radius 2 is 2.00 bits per heavy atom. The molecule has 1 aromatic rings. The zero-order valence-corrected chi connectivity index (χ0v) is 10.3. The monoisotopic (exact) mass is 251 g/mol. The minimum atomic E-state index is -1.08. The predicted octanol–water partition coefficient (Wildman–Crippen LogP) is 0.835. The summed E-state index contributed by atoms with van der Waals surface area (Å²) in [6, 6.07) is 9.77. The van der Waals surface area contributed by atoms with Crippen molar-refractivity contribution in [2.24, 2.45) is 0 Å². The highest BCUT2D eigenvalue weighted by molar-refractivity contribution is 5.78. The van der Waals surface area contributed by atoms with Crippen LogP contribution in [0.5, 0.6) is 0 Å². The molecule has 18 heavy (non-hydrogen) atoms. The van der Waals surface area contributed by atoms with E-state index in [0.717, 1.165) is 12.0 Å². The van der Waals surface area contributed by atoms with Crippen molar-refractivity contribution in [1.29, 1.82) is 0 Å². The Balaban J connectivity index is 2.16. The van der Waals surface area contributed by atoms with Crippen LogP contribution in [0.2, 0.25) is 0 Å². The van der Waals surface area contributed by atoms with Gasteiger partial charge in [-0.1, -0.05) is 30.3 Å². The first kappa shape index (κ1) is 14.2. The molecule has 5 heteroatoms. The Morgan fingerprint density at radius 1 is 1.33 bits per heavy atom. The number of carbonyl (C=O) groups excluding carboxylic acids is 1. The molecule has 2 N–H and O–H groups in total. The molecule has 0 radical (unpaired) electrons. The Bertz CT molecular complexity index is 391. The molecule has 0 aliphatic rings.